The van der Waals surface area contributed by atoms with Gasteiger partial charge >= 0.3 is 0 Å². The van der Waals surface area contributed by atoms with Crippen molar-refractivity contribution in [2.75, 3.05) is 7.11 Å². The summed E-state index contributed by atoms with van der Waals surface area (Å²) in [5.74, 6) is 0.930. The number of carbonyl (C=O) groups excluding carboxylic acids is 1. The number of rotatable bonds is 4. The lowest BCUT2D eigenvalue weighted by Crippen LogP contribution is -2.35. The molecule has 0 saturated heterocycles. The Balaban J connectivity index is 2.11. The van der Waals surface area contributed by atoms with Crippen molar-refractivity contribution in [2.45, 2.75) is 50.9 Å². The normalized spacial score (nSPS) is 23.6. The zero-order valence-electron chi connectivity index (χ0n) is 14.8. The summed E-state index contributed by atoms with van der Waals surface area (Å²) in [5.41, 5.74) is 6.87. The number of hydrogen-bond donors (Lipinski definition) is 1. The van der Waals surface area contributed by atoms with E-state index < -0.39 is 5.41 Å². The molecule has 1 fully saturated rings. The Morgan fingerprint density at radius 2 is 2.12 bits per heavy atom. The fourth-order valence-electron chi connectivity index (χ4n) is 3.63. The van der Waals surface area contributed by atoms with Crippen LogP contribution in [0.1, 0.15) is 56.9 Å². The lowest BCUT2D eigenvalue weighted by molar-refractivity contribution is -0.122. The molecule has 1 amide bonds. The molecule has 1 aliphatic rings. The minimum atomic E-state index is -0.679. The van der Waals surface area contributed by atoms with Gasteiger partial charge in [-0.15, -0.1) is 0 Å². The second-order valence-electron chi connectivity index (χ2n) is 7.07. The second kappa shape index (κ2) is 6.40. The number of methoxy groups -OCH3 is 1. The molecule has 2 N–H and O–H groups in total. The van der Waals surface area contributed by atoms with Crippen LogP contribution in [0.15, 0.2) is 16.5 Å². The number of primary amides is 1. The average molecular weight is 341 g/mol. The number of benzene rings is 1. The zero-order chi connectivity index (χ0) is 18.2. The van der Waals surface area contributed by atoms with Crippen molar-refractivity contribution in [3.63, 3.8) is 0 Å². The Bertz CT molecular complexity index is 839. The average Bonchev–Trinajstić information content (AvgIpc) is 3.06. The van der Waals surface area contributed by atoms with Crippen molar-refractivity contribution in [3.05, 3.63) is 23.6 Å². The summed E-state index contributed by atoms with van der Waals surface area (Å²) in [4.78, 5) is 16.1. The van der Waals surface area contributed by atoms with E-state index in [2.05, 4.69) is 11.1 Å². The molecule has 1 saturated carbocycles. The molecule has 6 heteroatoms. The number of hydrogen-bond acceptors (Lipinski definition) is 5. The molecule has 0 aliphatic heterocycles. The molecule has 1 aromatic carbocycles. The lowest BCUT2D eigenvalue weighted by atomic mass is 9.67. The molecular weight excluding hydrogens is 318 g/mol. The van der Waals surface area contributed by atoms with Crippen LogP contribution < -0.4 is 10.5 Å². The van der Waals surface area contributed by atoms with Gasteiger partial charge in [-0.1, -0.05) is 19.9 Å². The van der Waals surface area contributed by atoms with E-state index in [1.807, 2.05) is 26.0 Å². The topological polar surface area (TPSA) is 102 Å². The molecule has 0 atom stereocenters. The van der Waals surface area contributed by atoms with Crippen LogP contribution in [-0.2, 0) is 10.2 Å². The Labute approximate surface area is 147 Å². The Morgan fingerprint density at radius 3 is 2.64 bits per heavy atom. The molecule has 3 rings (SSSR count). The van der Waals surface area contributed by atoms with Crippen molar-refractivity contribution in [3.8, 4) is 11.8 Å². The van der Waals surface area contributed by atoms with Crippen LogP contribution in [0, 0.1) is 17.2 Å². The predicted octanol–water partition coefficient (Wildman–Crippen LogP) is 3.40. The minimum Gasteiger partial charge on any atom is -0.493 e. The van der Waals surface area contributed by atoms with Crippen molar-refractivity contribution < 1.29 is 13.9 Å². The van der Waals surface area contributed by atoms with Gasteiger partial charge in [0.05, 0.1) is 18.6 Å². The maximum absolute atomic E-state index is 11.5. The summed E-state index contributed by atoms with van der Waals surface area (Å²) in [5, 5.41) is 9.97. The molecule has 1 heterocycles. The fraction of sp³-hybridized carbons (Fsp3) is 0.526. The van der Waals surface area contributed by atoms with Gasteiger partial charge in [0.25, 0.3) is 0 Å². The van der Waals surface area contributed by atoms with E-state index >= 15 is 0 Å². The van der Waals surface area contributed by atoms with Gasteiger partial charge in [0.15, 0.2) is 17.2 Å². The first kappa shape index (κ1) is 17.3. The molecule has 0 spiro atoms. The largest absolute Gasteiger partial charge is 0.493 e. The first-order valence-corrected chi connectivity index (χ1v) is 8.60. The van der Waals surface area contributed by atoms with E-state index in [1.54, 1.807) is 7.11 Å². The van der Waals surface area contributed by atoms with E-state index in [0.29, 0.717) is 48.4 Å². The number of nitriles is 1. The lowest BCUT2D eigenvalue weighted by Gasteiger charge is -2.34. The Morgan fingerprint density at radius 1 is 1.44 bits per heavy atom. The fourth-order valence-corrected chi connectivity index (χ4v) is 3.63. The number of oxazole rings is 1. The highest BCUT2D eigenvalue weighted by Gasteiger charge is 2.41. The summed E-state index contributed by atoms with van der Waals surface area (Å²) in [6.07, 6.45) is 2.40. The number of nitrogens with two attached hydrogens (primary N) is 1. The minimum absolute atomic E-state index is 0.133. The first-order chi connectivity index (χ1) is 11.9. The maximum Gasteiger partial charge on any atom is 0.220 e. The van der Waals surface area contributed by atoms with Crippen molar-refractivity contribution in [1.29, 1.82) is 5.26 Å². The molecule has 1 aliphatic carbocycles. The summed E-state index contributed by atoms with van der Waals surface area (Å²) in [6.45, 7) is 4.02. The van der Waals surface area contributed by atoms with Gasteiger partial charge in [0.1, 0.15) is 5.52 Å². The van der Waals surface area contributed by atoms with Gasteiger partial charge in [0, 0.05) is 17.4 Å². The quantitative estimate of drug-likeness (QED) is 0.918. The van der Waals surface area contributed by atoms with Crippen molar-refractivity contribution in [1.82, 2.24) is 4.98 Å². The highest BCUT2D eigenvalue weighted by molar-refractivity contribution is 5.84. The van der Waals surface area contributed by atoms with Crippen LogP contribution in [0.2, 0.25) is 0 Å². The number of nitrogens with zero attached hydrogens (tertiary/aromatic N) is 2. The number of carbonyl (C=O) groups is 1. The molecule has 0 bridgehead atoms. The first-order valence-electron chi connectivity index (χ1n) is 8.60. The Hall–Kier alpha value is -2.55. The smallest absolute Gasteiger partial charge is 0.220 e. The van der Waals surface area contributed by atoms with Crippen LogP contribution >= 0.6 is 0 Å². The summed E-state index contributed by atoms with van der Waals surface area (Å²) in [7, 11) is 1.59. The summed E-state index contributed by atoms with van der Waals surface area (Å²) >= 11 is 0. The molecule has 0 unspecified atom stereocenters. The second-order valence-corrected chi connectivity index (χ2v) is 7.07. The van der Waals surface area contributed by atoms with Crippen LogP contribution in [-0.4, -0.2) is 18.0 Å². The molecule has 0 radical (unpaired) electrons. The summed E-state index contributed by atoms with van der Waals surface area (Å²) < 4.78 is 11.3. The molecule has 1 aromatic heterocycles. The van der Waals surface area contributed by atoms with E-state index in [9.17, 15) is 10.1 Å². The van der Waals surface area contributed by atoms with E-state index in [1.165, 1.54) is 0 Å². The van der Waals surface area contributed by atoms with Crippen LogP contribution in [0.4, 0.5) is 0 Å². The SMILES string of the molecule is COc1ccc([C@]2(C#N)CC[C@@H](C(N)=O)CC2)c2nc(C(C)C)oc12. The molecular formula is C19H23N3O3. The highest BCUT2D eigenvalue weighted by Crippen LogP contribution is 2.45. The summed E-state index contributed by atoms with van der Waals surface area (Å²) in [6, 6.07) is 6.22. The van der Waals surface area contributed by atoms with Gasteiger partial charge in [-0.3, -0.25) is 4.79 Å². The van der Waals surface area contributed by atoms with Crippen molar-refractivity contribution in [2.24, 2.45) is 11.7 Å². The van der Waals surface area contributed by atoms with E-state index in [0.717, 1.165) is 5.56 Å². The number of amides is 1. The third-order valence-corrected chi connectivity index (χ3v) is 5.21. The number of aromatic nitrogens is 1. The molecule has 2 aromatic rings. The third-order valence-electron chi connectivity index (χ3n) is 5.21. The van der Waals surface area contributed by atoms with Crippen LogP contribution in [0.5, 0.6) is 5.75 Å². The molecule has 6 nitrogen and oxygen atoms in total. The van der Waals surface area contributed by atoms with Gasteiger partial charge in [0.2, 0.25) is 5.91 Å². The van der Waals surface area contributed by atoms with Gasteiger partial charge in [-0.05, 0) is 31.7 Å². The number of fused-ring (bicyclic) bond motifs is 1. The van der Waals surface area contributed by atoms with Gasteiger partial charge < -0.3 is 14.9 Å². The van der Waals surface area contributed by atoms with Crippen molar-refractivity contribution >= 4 is 17.0 Å². The number of ether oxygens (including phenoxy) is 1. The van der Waals surface area contributed by atoms with Crippen LogP contribution in [0.25, 0.3) is 11.1 Å². The van der Waals surface area contributed by atoms with E-state index in [4.69, 9.17) is 14.9 Å². The molecule has 132 valence electrons. The standard InChI is InChI=1S/C19H23N3O3/c1-11(2)18-22-15-13(4-5-14(24-3)16(15)25-18)19(10-20)8-6-12(7-9-19)17(21)23/h4-5,11-12H,6-9H2,1-3H3,(H2,21,23)/t12-,19-. The highest BCUT2D eigenvalue weighted by atomic mass is 16.5. The maximum atomic E-state index is 11.5. The predicted molar refractivity (Wildman–Crippen MR) is 93.1 cm³/mol. The molecule has 25 heavy (non-hydrogen) atoms. The Kier molecular flexibility index (Phi) is 4.42. The monoisotopic (exact) mass is 341 g/mol. The zero-order valence-corrected chi connectivity index (χ0v) is 14.8. The van der Waals surface area contributed by atoms with Crippen LogP contribution in [0.3, 0.4) is 0 Å². The van der Waals surface area contributed by atoms with Gasteiger partial charge in [-0.2, -0.15) is 5.26 Å². The third kappa shape index (κ3) is 2.84. The van der Waals surface area contributed by atoms with E-state index in [-0.39, 0.29) is 17.7 Å². The van der Waals surface area contributed by atoms with Gasteiger partial charge in [-0.25, -0.2) is 4.98 Å².